The molecule has 16 nitrogen and oxygen atoms in total. The molecule has 0 aromatic heterocycles. The van der Waals surface area contributed by atoms with Crippen LogP contribution in [-0.4, -0.2) is 160 Å². The molecule has 474 valence electrons. The summed E-state index contributed by atoms with van der Waals surface area (Å²) >= 11 is 0. The highest BCUT2D eigenvalue weighted by atomic mass is 35.5. The van der Waals surface area contributed by atoms with E-state index in [0.717, 1.165) is 154 Å². The fourth-order valence-corrected chi connectivity index (χ4v) is 8.55. The lowest BCUT2D eigenvalue weighted by Gasteiger charge is -2.30. The van der Waals surface area contributed by atoms with Crippen molar-refractivity contribution in [2.75, 3.05) is 80.8 Å². The molecule has 0 aromatic rings. The lowest BCUT2D eigenvalue weighted by molar-refractivity contribution is -0.883. The Morgan fingerprint density at radius 2 is 0.738 bits per heavy atom. The van der Waals surface area contributed by atoms with Crippen molar-refractivity contribution in [3.05, 3.63) is 24.3 Å². The fourth-order valence-electron chi connectivity index (χ4n) is 8.55. The number of aliphatic hydroxyl groups is 2. The summed E-state index contributed by atoms with van der Waals surface area (Å²) in [6.07, 6.45) is 31.9. The zero-order valence-corrected chi connectivity index (χ0v) is 51.4. The van der Waals surface area contributed by atoms with E-state index in [-0.39, 0.29) is 102 Å². The highest BCUT2D eigenvalue weighted by molar-refractivity contribution is 5.71. The largest absolute Gasteiger partial charge is 1.00 e. The molecule has 0 heterocycles. The van der Waals surface area contributed by atoms with Gasteiger partial charge in [0.05, 0.1) is 53.6 Å². The summed E-state index contributed by atoms with van der Waals surface area (Å²) in [7, 11) is 7.53. The van der Waals surface area contributed by atoms with Gasteiger partial charge in [0.1, 0.15) is 38.5 Å². The van der Waals surface area contributed by atoms with E-state index >= 15 is 0 Å². The molecule has 0 aliphatic carbocycles. The van der Waals surface area contributed by atoms with Gasteiger partial charge in [0.15, 0.2) is 13.1 Å². The Kier molecular flexibility index (Phi) is 60.1. The first-order valence-electron chi connectivity index (χ1n) is 29.6. The number of nitrogens with zero attached hydrogens (tertiary/aromatic N) is 2. The summed E-state index contributed by atoms with van der Waals surface area (Å²) in [5.74, 6) is -1.68. The molecule has 0 saturated heterocycles. The van der Waals surface area contributed by atoms with Gasteiger partial charge in [-0.15, -0.1) is 0 Å². The molecule has 0 aliphatic rings. The summed E-state index contributed by atoms with van der Waals surface area (Å²) in [5, 5.41) is 21.8. The topological polar surface area (TPSA) is 198 Å². The maximum atomic E-state index is 12.8. The summed E-state index contributed by atoms with van der Waals surface area (Å²) < 4.78 is 33.1. The van der Waals surface area contributed by atoms with Crippen LogP contribution in [0.3, 0.4) is 0 Å². The van der Waals surface area contributed by atoms with Gasteiger partial charge in [-0.2, -0.15) is 0 Å². The molecule has 80 heavy (non-hydrogen) atoms. The normalized spacial score (nSPS) is 12.9. The molecule has 0 aliphatic heterocycles. The van der Waals surface area contributed by atoms with Crippen molar-refractivity contribution in [2.24, 2.45) is 0 Å². The number of hydrogen-bond acceptors (Lipinski definition) is 14. The number of aliphatic hydroxyl groups excluding tert-OH is 2. The van der Waals surface area contributed by atoms with Crippen LogP contribution in [0.2, 0.25) is 0 Å². The summed E-state index contributed by atoms with van der Waals surface area (Å²) in [6, 6.07) is 0. The predicted octanol–water partition coefficient (Wildman–Crippen LogP) is 6.03. The second-order valence-corrected chi connectivity index (χ2v) is 22.1. The minimum Gasteiger partial charge on any atom is -1.00 e. The third kappa shape index (κ3) is 55.3. The standard InChI is InChI=1S/C60H110N2O14.2CH4.2ClH/c1-9-11-29-39-55(75-59(69)49-61(5,6)43-47-71-51(3)63)53(65)37-31-23-17-13-15-19-25-33-41-57(67)73-45-35-27-21-22-28-36-46-74-58(68)42-34-26-20-16-14-18-24-32-38-54(66)56(40-30-12-10-2)76-60(70)50-62(7,8)44-48-72-52(4)64;;;;/h23-24,31-32,53-56,65-66H,9-22,25-30,33-50H2,1-8H3;2*1H4;2*1H/q+2;;;;/p-2. The van der Waals surface area contributed by atoms with Crippen LogP contribution in [-0.2, 0) is 57.2 Å². The van der Waals surface area contributed by atoms with Gasteiger partial charge in [0, 0.05) is 26.7 Å². The van der Waals surface area contributed by atoms with Gasteiger partial charge < -0.3 is 72.4 Å². The lowest BCUT2D eigenvalue weighted by Crippen LogP contribution is -3.00. The summed E-state index contributed by atoms with van der Waals surface area (Å²) in [5.41, 5.74) is 0. The Labute approximate surface area is 499 Å². The van der Waals surface area contributed by atoms with Crippen molar-refractivity contribution in [2.45, 2.75) is 260 Å². The number of carbonyl (C=O) groups is 6. The number of hydrogen-bond donors (Lipinski definition) is 2. The van der Waals surface area contributed by atoms with Crippen LogP contribution in [0.25, 0.3) is 0 Å². The Morgan fingerprint density at radius 3 is 1.07 bits per heavy atom. The van der Waals surface area contributed by atoms with Crippen LogP contribution in [0.15, 0.2) is 24.3 Å². The van der Waals surface area contributed by atoms with Crippen molar-refractivity contribution >= 4 is 35.8 Å². The number of likely N-dealkylation sites (N-methyl/N-ethyl adjacent to an activating group) is 2. The van der Waals surface area contributed by atoms with Gasteiger partial charge in [-0.25, -0.2) is 9.59 Å². The second-order valence-electron chi connectivity index (χ2n) is 22.1. The van der Waals surface area contributed by atoms with Gasteiger partial charge in [0.2, 0.25) is 0 Å². The number of carbonyl (C=O) groups excluding carboxylic acids is 6. The summed E-state index contributed by atoms with van der Waals surface area (Å²) in [4.78, 5) is 72.1. The van der Waals surface area contributed by atoms with Gasteiger partial charge in [0.25, 0.3) is 0 Å². The first-order valence-corrected chi connectivity index (χ1v) is 29.6. The van der Waals surface area contributed by atoms with Crippen LogP contribution >= 0.6 is 0 Å². The minimum atomic E-state index is -0.770. The minimum absolute atomic E-state index is 0. The van der Waals surface area contributed by atoms with Gasteiger partial charge >= 0.3 is 35.8 Å². The number of rotatable bonds is 51. The smallest absolute Gasteiger partial charge is 0.362 e. The Balaban J connectivity index is -0.00000469. The van der Waals surface area contributed by atoms with E-state index in [1.54, 1.807) is 0 Å². The SMILES string of the molecule is C.C.CCCCCC(OC(=O)C[N+](C)(C)CCOC(C)=O)C(O)CC=CCCCCCCCC(=O)OCCCCCCCCOC(=O)CCCCCCCC=CCC(O)C(CCCCC)OC(=O)C[N+](C)(C)CCOC(C)=O.[Cl-].[Cl-]. The third-order valence-corrected chi connectivity index (χ3v) is 13.4. The number of halogens is 2. The number of ether oxygens (including phenoxy) is 6. The molecule has 0 rings (SSSR count). The van der Waals surface area contributed by atoms with Crippen molar-refractivity contribution in [1.29, 1.82) is 0 Å². The van der Waals surface area contributed by atoms with Gasteiger partial charge in [-0.05, 0) is 89.9 Å². The maximum Gasteiger partial charge on any atom is 0.362 e. The van der Waals surface area contributed by atoms with Gasteiger partial charge in [-0.3, -0.25) is 19.2 Å². The predicted molar refractivity (Wildman–Crippen MR) is 312 cm³/mol. The van der Waals surface area contributed by atoms with E-state index in [0.29, 0.717) is 73.8 Å². The monoisotopic (exact) mass is 1180 g/mol. The van der Waals surface area contributed by atoms with Crippen LogP contribution in [0.5, 0.6) is 0 Å². The van der Waals surface area contributed by atoms with E-state index in [1.165, 1.54) is 13.8 Å². The quantitative estimate of drug-likeness (QED) is 0.0235. The van der Waals surface area contributed by atoms with Crippen LogP contribution in [0.4, 0.5) is 0 Å². The van der Waals surface area contributed by atoms with Crippen LogP contribution in [0.1, 0.15) is 235 Å². The van der Waals surface area contributed by atoms with Crippen LogP contribution < -0.4 is 24.8 Å². The van der Waals surface area contributed by atoms with E-state index in [2.05, 4.69) is 26.0 Å². The first kappa shape index (κ1) is 85.5. The van der Waals surface area contributed by atoms with E-state index in [4.69, 9.17) is 28.4 Å². The number of allylic oxidation sites excluding steroid dienone is 2. The molecule has 0 spiro atoms. The molecule has 0 saturated carbocycles. The van der Waals surface area contributed by atoms with Crippen LogP contribution in [0, 0.1) is 0 Å². The number of esters is 6. The highest BCUT2D eigenvalue weighted by Crippen LogP contribution is 2.18. The second kappa shape index (κ2) is 56.2. The number of quaternary nitrogens is 2. The molecule has 4 unspecified atom stereocenters. The maximum absolute atomic E-state index is 12.8. The molecule has 18 heteroatoms. The molecular weight excluding hydrogens is 1070 g/mol. The van der Waals surface area contributed by atoms with Crippen molar-refractivity contribution < 1.29 is 101 Å². The molecule has 0 fully saturated rings. The molecule has 4 atom stereocenters. The zero-order chi connectivity index (χ0) is 56.7. The molecule has 0 aromatic carbocycles. The number of unbranched alkanes of at least 4 members (excludes halogenated alkanes) is 19. The van der Waals surface area contributed by atoms with Crippen molar-refractivity contribution in [1.82, 2.24) is 0 Å². The van der Waals surface area contributed by atoms with Gasteiger partial charge in [-0.1, -0.05) is 143 Å². The molecular formula is C62H118Cl2N2O14. The Hall–Kier alpha value is -3.28. The zero-order valence-electron chi connectivity index (χ0n) is 49.9. The average Bonchev–Trinajstić information content (AvgIpc) is 3.34. The average molecular weight is 1190 g/mol. The van der Waals surface area contributed by atoms with Crippen molar-refractivity contribution in [3.8, 4) is 0 Å². The Bertz CT molecular complexity index is 1480. The fraction of sp³-hybridized carbons (Fsp3) is 0.839. The molecule has 0 bridgehead atoms. The molecule has 0 amide bonds. The molecule has 2 N–H and O–H groups in total. The lowest BCUT2D eigenvalue weighted by atomic mass is 10.0. The van der Waals surface area contributed by atoms with E-state index in [1.807, 2.05) is 40.3 Å². The Morgan fingerprint density at radius 1 is 0.412 bits per heavy atom. The van der Waals surface area contributed by atoms with E-state index < -0.39 is 24.4 Å². The van der Waals surface area contributed by atoms with E-state index in [9.17, 15) is 39.0 Å². The first-order chi connectivity index (χ1) is 36.3. The summed E-state index contributed by atoms with van der Waals surface area (Å²) in [6.45, 7) is 9.55. The highest BCUT2D eigenvalue weighted by Gasteiger charge is 2.29. The van der Waals surface area contributed by atoms with Crippen molar-refractivity contribution in [3.63, 3.8) is 0 Å². The molecule has 0 radical (unpaired) electrons. The third-order valence-electron chi connectivity index (χ3n) is 13.4.